The van der Waals surface area contributed by atoms with E-state index in [0.717, 1.165) is 36.8 Å². The molecule has 152 valence electrons. The van der Waals surface area contributed by atoms with Gasteiger partial charge in [0.2, 0.25) is 5.91 Å². The minimum Gasteiger partial charge on any atom is -0.481 e. The van der Waals surface area contributed by atoms with Gasteiger partial charge in [-0.2, -0.15) is 0 Å². The van der Waals surface area contributed by atoms with Crippen LogP contribution < -0.4 is 0 Å². The van der Waals surface area contributed by atoms with E-state index in [1.165, 1.54) is 0 Å². The lowest BCUT2D eigenvalue weighted by atomic mass is 10.0. The van der Waals surface area contributed by atoms with Crippen LogP contribution in [0.15, 0.2) is 42.5 Å². The van der Waals surface area contributed by atoms with Crippen LogP contribution in [0.25, 0.3) is 6.08 Å². The number of rotatable bonds is 11. The molecule has 1 heterocycles. The highest BCUT2D eigenvalue weighted by Gasteiger charge is 2.28. The minimum atomic E-state index is -0.755. The third-order valence-electron chi connectivity index (χ3n) is 5.04. The monoisotopic (exact) mass is 385 g/mol. The third kappa shape index (κ3) is 6.97. The first-order valence-corrected chi connectivity index (χ1v) is 10.1. The van der Waals surface area contributed by atoms with Crippen molar-refractivity contribution in [3.8, 4) is 0 Å². The molecule has 5 heteroatoms. The number of hydrogen-bond donors (Lipinski definition) is 2. The highest BCUT2D eigenvalue weighted by molar-refractivity contribution is 5.79. The maximum Gasteiger partial charge on any atom is 0.303 e. The zero-order valence-electron chi connectivity index (χ0n) is 16.6. The smallest absolute Gasteiger partial charge is 0.303 e. The summed E-state index contributed by atoms with van der Waals surface area (Å²) in [6, 6.07) is 7.81. The molecule has 0 radical (unpaired) electrons. The van der Waals surface area contributed by atoms with Crippen molar-refractivity contribution >= 4 is 18.0 Å². The van der Waals surface area contributed by atoms with Crippen molar-refractivity contribution in [3.63, 3.8) is 0 Å². The lowest BCUT2D eigenvalue weighted by molar-refractivity contribution is -0.137. The molecule has 2 atom stereocenters. The fourth-order valence-electron chi connectivity index (χ4n) is 3.54. The molecule has 1 aliphatic heterocycles. The third-order valence-corrected chi connectivity index (χ3v) is 5.04. The Morgan fingerprint density at radius 2 is 2.07 bits per heavy atom. The minimum absolute atomic E-state index is 0.0277. The normalized spacial score (nSPS) is 18.4. The van der Waals surface area contributed by atoms with E-state index in [-0.39, 0.29) is 18.4 Å². The summed E-state index contributed by atoms with van der Waals surface area (Å²) in [6.45, 7) is 2.65. The fourth-order valence-corrected chi connectivity index (χ4v) is 3.54. The van der Waals surface area contributed by atoms with E-state index in [0.29, 0.717) is 19.4 Å². The van der Waals surface area contributed by atoms with E-state index in [1.807, 2.05) is 54.3 Å². The van der Waals surface area contributed by atoms with Gasteiger partial charge >= 0.3 is 5.97 Å². The summed E-state index contributed by atoms with van der Waals surface area (Å²) >= 11 is 0. The van der Waals surface area contributed by atoms with Gasteiger partial charge in [-0.05, 0) is 43.4 Å². The molecule has 0 bridgehead atoms. The lowest BCUT2D eigenvalue weighted by Gasteiger charge is -2.22. The molecule has 0 spiro atoms. The van der Waals surface area contributed by atoms with Gasteiger partial charge in [-0.1, -0.05) is 55.3 Å². The van der Waals surface area contributed by atoms with Gasteiger partial charge in [0.1, 0.15) is 0 Å². The number of aliphatic hydroxyl groups is 1. The van der Waals surface area contributed by atoms with Gasteiger partial charge in [-0.3, -0.25) is 9.59 Å². The van der Waals surface area contributed by atoms with Crippen LogP contribution in [0.1, 0.15) is 69.1 Å². The molecule has 5 nitrogen and oxygen atoms in total. The van der Waals surface area contributed by atoms with Crippen LogP contribution >= 0.6 is 0 Å². The maximum atomic E-state index is 12.2. The predicted octanol–water partition coefficient (Wildman–Crippen LogP) is 4.34. The first-order valence-electron chi connectivity index (χ1n) is 10.1. The number of aliphatic hydroxyl groups excluding tert-OH is 1. The summed E-state index contributed by atoms with van der Waals surface area (Å²) in [5, 5.41) is 19.1. The highest BCUT2D eigenvalue weighted by Crippen LogP contribution is 2.23. The molecule has 1 fully saturated rings. The van der Waals surface area contributed by atoms with E-state index in [9.17, 15) is 14.7 Å². The molecular formula is C23H31NO4. The first-order chi connectivity index (χ1) is 13.5. The molecule has 1 aromatic rings. The highest BCUT2D eigenvalue weighted by atomic mass is 16.4. The van der Waals surface area contributed by atoms with Gasteiger partial charge in [-0.15, -0.1) is 0 Å². The number of hydrogen-bond acceptors (Lipinski definition) is 3. The zero-order valence-corrected chi connectivity index (χ0v) is 16.6. The van der Waals surface area contributed by atoms with Crippen molar-refractivity contribution < 1.29 is 19.8 Å². The molecule has 0 aromatic heterocycles. The molecule has 1 aliphatic rings. The Morgan fingerprint density at radius 3 is 2.82 bits per heavy atom. The van der Waals surface area contributed by atoms with Crippen LogP contribution in [-0.2, 0) is 9.59 Å². The Hall–Kier alpha value is -2.40. The van der Waals surface area contributed by atoms with E-state index in [4.69, 9.17) is 5.11 Å². The summed E-state index contributed by atoms with van der Waals surface area (Å²) in [4.78, 5) is 24.6. The van der Waals surface area contributed by atoms with Crippen molar-refractivity contribution in [3.05, 3.63) is 53.6 Å². The van der Waals surface area contributed by atoms with Crippen LogP contribution in [0.2, 0.25) is 0 Å². The van der Waals surface area contributed by atoms with Gasteiger partial charge in [0.15, 0.2) is 0 Å². The number of carboxylic acids is 1. The van der Waals surface area contributed by atoms with Gasteiger partial charge in [0.25, 0.3) is 0 Å². The van der Waals surface area contributed by atoms with Gasteiger partial charge in [0.05, 0.1) is 12.1 Å². The van der Waals surface area contributed by atoms with Gasteiger partial charge in [-0.25, -0.2) is 0 Å². The number of unbranched alkanes of at least 4 members (excludes halogenated alkanes) is 3. The fraction of sp³-hybridized carbons (Fsp3) is 0.478. The number of carbonyl (C=O) groups excluding carboxylic acids is 1. The number of aliphatic carboxylic acids is 1. The topological polar surface area (TPSA) is 77.8 Å². The summed E-state index contributed by atoms with van der Waals surface area (Å²) in [7, 11) is 0. The van der Waals surface area contributed by atoms with Gasteiger partial charge in [0, 0.05) is 19.4 Å². The molecule has 1 saturated heterocycles. The summed E-state index contributed by atoms with van der Waals surface area (Å²) in [6.07, 6.45) is 11.9. The Bertz CT molecular complexity index is 710. The van der Waals surface area contributed by atoms with E-state index in [1.54, 1.807) is 6.08 Å². The second-order valence-corrected chi connectivity index (χ2v) is 7.25. The second kappa shape index (κ2) is 11.4. The number of nitrogens with zero attached hydrogens (tertiary/aromatic N) is 1. The summed E-state index contributed by atoms with van der Waals surface area (Å²) in [5.41, 5.74) is 1.88. The number of likely N-dealkylation sites (tertiary alicyclic amines) is 1. The Morgan fingerprint density at radius 1 is 1.29 bits per heavy atom. The molecule has 28 heavy (non-hydrogen) atoms. The van der Waals surface area contributed by atoms with Crippen LogP contribution in [0.4, 0.5) is 0 Å². The van der Waals surface area contributed by atoms with Crippen molar-refractivity contribution in [1.29, 1.82) is 0 Å². The average Bonchev–Trinajstić information content (AvgIpc) is 3.02. The van der Waals surface area contributed by atoms with Crippen molar-refractivity contribution in [2.75, 3.05) is 6.54 Å². The van der Waals surface area contributed by atoms with Crippen LogP contribution in [0, 0.1) is 0 Å². The summed E-state index contributed by atoms with van der Waals surface area (Å²) in [5.74, 6) is -0.598. The molecule has 1 amide bonds. The number of allylic oxidation sites excluding steroid dienone is 1. The van der Waals surface area contributed by atoms with Crippen molar-refractivity contribution in [2.45, 2.75) is 64.0 Å². The largest absolute Gasteiger partial charge is 0.481 e. The summed E-state index contributed by atoms with van der Waals surface area (Å²) < 4.78 is 0. The first kappa shape index (κ1) is 21.9. The molecule has 0 saturated carbocycles. The van der Waals surface area contributed by atoms with Crippen LogP contribution in [0.5, 0.6) is 0 Å². The van der Waals surface area contributed by atoms with Crippen LogP contribution in [0.3, 0.4) is 0 Å². The second-order valence-electron chi connectivity index (χ2n) is 7.25. The molecule has 1 aromatic carbocycles. The maximum absolute atomic E-state index is 12.2. The van der Waals surface area contributed by atoms with Gasteiger partial charge < -0.3 is 15.1 Å². The standard InChI is InChI=1S/C23H31NO4/c1-2-8-18-9-7-10-19(17-18)21(25)14-12-20-13-15-22(26)24(20)16-6-4-3-5-11-23(27)28/h2,7-10,12,14,17,20-21,25H,3-6,11,13,15-16H2,1H3,(H,27,28)/b8-2+,14-12?/t20-,21?/m0/s1. The molecular weight excluding hydrogens is 354 g/mol. The van der Waals surface area contributed by atoms with Crippen LogP contribution in [-0.4, -0.2) is 39.6 Å². The number of carbonyl (C=O) groups is 2. The quantitative estimate of drug-likeness (QED) is 0.439. The average molecular weight is 386 g/mol. The zero-order chi connectivity index (χ0) is 20.4. The van der Waals surface area contributed by atoms with Crippen molar-refractivity contribution in [1.82, 2.24) is 4.90 Å². The molecule has 2 N–H and O–H groups in total. The van der Waals surface area contributed by atoms with E-state index >= 15 is 0 Å². The number of amides is 1. The van der Waals surface area contributed by atoms with E-state index < -0.39 is 12.1 Å². The molecule has 2 rings (SSSR count). The SMILES string of the molecule is C/C=C/c1cccc(C(O)C=C[C@H]2CCC(=O)N2CCCCCCC(=O)O)c1. The molecule has 0 aliphatic carbocycles. The van der Waals surface area contributed by atoms with E-state index in [2.05, 4.69) is 0 Å². The number of benzene rings is 1. The lowest BCUT2D eigenvalue weighted by Crippen LogP contribution is -2.32. The molecule has 1 unspecified atom stereocenters. The Balaban J connectivity index is 1.86. The predicted molar refractivity (Wildman–Crippen MR) is 111 cm³/mol. The van der Waals surface area contributed by atoms with Crippen molar-refractivity contribution in [2.24, 2.45) is 0 Å². The Labute approximate surface area is 167 Å². The Kier molecular flexibility index (Phi) is 8.95. The number of carboxylic acid groups (broad SMARTS) is 1.